The maximum atomic E-state index is 13.3. The Morgan fingerprint density at radius 2 is 1.67 bits per heavy atom. The molecule has 6 nitrogen and oxygen atoms in total. The van der Waals surface area contributed by atoms with Crippen molar-refractivity contribution in [2.45, 2.75) is 19.6 Å². The van der Waals surface area contributed by atoms with Gasteiger partial charge in [-0.25, -0.2) is 4.98 Å². The standard InChI is InChI=1S/C24H27F3N6/c1-17-15-29-23(30-19-7-9-20(10-8-19)33-13-11-32(2)12-14-33)31-22(17)28-16-18-5-3-4-6-21(18)24(25,26)27/h3-10,15H,11-14,16H2,1-2H3,(H2,28,29,30,31). The molecule has 9 heteroatoms. The summed E-state index contributed by atoms with van der Waals surface area (Å²) >= 11 is 0. The maximum Gasteiger partial charge on any atom is 0.416 e. The third kappa shape index (κ3) is 5.73. The molecule has 1 aromatic heterocycles. The van der Waals surface area contributed by atoms with Crippen LogP contribution in [-0.4, -0.2) is 48.1 Å². The molecular weight excluding hydrogens is 429 g/mol. The number of anilines is 4. The lowest BCUT2D eigenvalue weighted by molar-refractivity contribution is -0.138. The highest BCUT2D eigenvalue weighted by atomic mass is 19.4. The maximum absolute atomic E-state index is 13.3. The molecule has 0 amide bonds. The molecule has 3 aromatic rings. The minimum absolute atomic E-state index is 0.00664. The lowest BCUT2D eigenvalue weighted by Gasteiger charge is -2.34. The Morgan fingerprint density at radius 1 is 0.970 bits per heavy atom. The largest absolute Gasteiger partial charge is 0.416 e. The van der Waals surface area contributed by atoms with Gasteiger partial charge in [0, 0.05) is 55.9 Å². The highest BCUT2D eigenvalue weighted by molar-refractivity contribution is 5.60. The van der Waals surface area contributed by atoms with Gasteiger partial charge in [0.2, 0.25) is 5.95 Å². The second-order valence-corrected chi connectivity index (χ2v) is 8.20. The number of rotatable bonds is 6. The van der Waals surface area contributed by atoms with Crippen LogP contribution in [0.15, 0.2) is 54.7 Å². The lowest BCUT2D eigenvalue weighted by atomic mass is 10.1. The summed E-state index contributed by atoms with van der Waals surface area (Å²) in [6, 6.07) is 13.6. The molecule has 4 rings (SSSR count). The molecule has 174 valence electrons. The number of nitrogens with zero attached hydrogens (tertiary/aromatic N) is 4. The fraction of sp³-hybridized carbons (Fsp3) is 0.333. The second kappa shape index (κ2) is 9.66. The Hall–Kier alpha value is -3.33. The van der Waals surface area contributed by atoms with E-state index in [0.29, 0.717) is 11.8 Å². The van der Waals surface area contributed by atoms with Gasteiger partial charge >= 0.3 is 6.18 Å². The van der Waals surface area contributed by atoms with Crippen molar-refractivity contribution in [1.29, 1.82) is 0 Å². The highest BCUT2D eigenvalue weighted by Gasteiger charge is 2.32. The molecule has 2 aromatic carbocycles. The van der Waals surface area contributed by atoms with E-state index in [9.17, 15) is 13.2 Å². The Kier molecular flexibility index (Phi) is 6.69. The number of benzene rings is 2. The van der Waals surface area contributed by atoms with Gasteiger partial charge in [-0.15, -0.1) is 0 Å². The Labute approximate surface area is 191 Å². The van der Waals surface area contributed by atoms with Gasteiger partial charge in [0.1, 0.15) is 5.82 Å². The summed E-state index contributed by atoms with van der Waals surface area (Å²) in [6.45, 7) is 5.90. The number of hydrogen-bond acceptors (Lipinski definition) is 6. The molecule has 0 unspecified atom stereocenters. The zero-order chi connectivity index (χ0) is 23.4. The minimum atomic E-state index is -4.40. The van der Waals surface area contributed by atoms with Crippen molar-refractivity contribution in [1.82, 2.24) is 14.9 Å². The number of piperazine rings is 1. The molecule has 0 saturated carbocycles. The summed E-state index contributed by atoms with van der Waals surface area (Å²) in [5.41, 5.74) is 2.27. The molecule has 33 heavy (non-hydrogen) atoms. The lowest BCUT2D eigenvalue weighted by Crippen LogP contribution is -2.44. The first kappa shape index (κ1) is 22.8. The van der Waals surface area contributed by atoms with Crippen LogP contribution in [0.1, 0.15) is 16.7 Å². The van der Waals surface area contributed by atoms with Crippen LogP contribution in [0.3, 0.4) is 0 Å². The summed E-state index contributed by atoms with van der Waals surface area (Å²) in [6.07, 6.45) is -2.76. The molecule has 0 radical (unpaired) electrons. The average Bonchev–Trinajstić information content (AvgIpc) is 2.80. The fourth-order valence-electron chi connectivity index (χ4n) is 3.76. The van der Waals surface area contributed by atoms with Crippen molar-refractivity contribution >= 4 is 23.1 Å². The van der Waals surface area contributed by atoms with Crippen LogP contribution in [0.2, 0.25) is 0 Å². The van der Waals surface area contributed by atoms with Crippen molar-refractivity contribution in [2.24, 2.45) is 0 Å². The quantitative estimate of drug-likeness (QED) is 0.550. The summed E-state index contributed by atoms with van der Waals surface area (Å²) in [5, 5.41) is 6.20. The Balaban J connectivity index is 1.43. The summed E-state index contributed by atoms with van der Waals surface area (Å²) in [7, 11) is 2.13. The second-order valence-electron chi connectivity index (χ2n) is 8.20. The van der Waals surface area contributed by atoms with Crippen LogP contribution < -0.4 is 15.5 Å². The normalized spacial score (nSPS) is 14.9. The van der Waals surface area contributed by atoms with Gasteiger partial charge in [-0.3, -0.25) is 0 Å². The van der Waals surface area contributed by atoms with Crippen molar-refractivity contribution in [3.05, 3.63) is 71.4 Å². The predicted octanol–water partition coefficient (Wildman–Crippen LogP) is 4.91. The summed E-state index contributed by atoms with van der Waals surface area (Å²) in [5.74, 6) is 0.859. The third-order valence-corrected chi connectivity index (χ3v) is 5.73. The van der Waals surface area contributed by atoms with Gasteiger partial charge in [0.15, 0.2) is 0 Å². The zero-order valence-electron chi connectivity index (χ0n) is 18.7. The fourth-order valence-corrected chi connectivity index (χ4v) is 3.76. The van der Waals surface area contributed by atoms with Crippen LogP contribution in [0.4, 0.5) is 36.3 Å². The van der Waals surface area contributed by atoms with E-state index in [4.69, 9.17) is 0 Å². The third-order valence-electron chi connectivity index (χ3n) is 5.73. The van der Waals surface area contributed by atoms with Crippen LogP contribution in [-0.2, 0) is 12.7 Å². The number of alkyl halides is 3. The van der Waals surface area contributed by atoms with Crippen LogP contribution in [0.25, 0.3) is 0 Å². The first-order valence-electron chi connectivity index (χ1n) is 10.8. The molecule has 0 spiro atoms. The summed E-state index contributed by atoms with van der Waals surface area (Å²) in [4.78, 5) is 13.4. The average molecular weight is 457 g/mol. The van der Waals surface area contributed by atoms with E-state index in [1.807, 2.05) is 19.1 Å². The highest BCUT2D eigenvalue weighted by Crippen LogP contribution is 2.32. The molecular formula is C24H27F3N6. The van der Waals surface area contributed by atoms with Gasteiger partial charge in [-0.05, 0) is 49.9 Å². The van der Waals surface area contributed by atoms with Crippen molar-refractivity contribution in [3.63, 3.8) is 0 Å². The number of aromatic nitrogens is 2. The van der Waals surface area contributed by atoms with E-state index in [2.05, 4.69) is 49.6 Å². The van der Waals surface area contributed by atoms with E-state index in [-0.39, 0.29) is 12.1 Å². The van der Waals surface area contributed by atoms with Gasteiger partial charge in [0.05, 0.1) is 5.56 Å². The van der Waals surface area contributed by atoms with Crippen LogP contribution in [0.5, 0.6) is 0 Å². The van der Waals surface area contributed by atoms with E-state index in [1.165, 1.54) is 17.8 Å². The van der Waals surface area contributed by atoms with Crippen molar-refractivity contribution < 1.29 is 13.2 Å². The molecule has 2 heterocycles. The first-order chi connectivity index (χ1) is 15.8. The molecule has 1 fully saturated rings. The molecule has 1 aliphatic heterocycles. The van der Waals surface area contributed by atoms with E-state index in [1.54, 1.807) is 12.3 Å². The van der Waals surface area contributed by atoms with Gasteiger partial charge in [-0.1, -0.05) is 18.2 Å². The van der Waals surface area contributed by atoms with E-state index < -0.39 is 11.7 Å². The van der Waals surface area contributed by atoms with E-state index >= 15 is 0 Å². The number of likely N-dealkylation sites (N-methyl/N-ethyl adjacent to an activating group) is 1. The first-order valence-corrected chi connectivity index (χ1v) is 10.8. The zero-order valence-corrected chi connectivity index (χ0v) is 18.7. The number of nitrogens with one attached hydrogen (secondary N) is 2. The summed E-state index contributed by atoms with van der Waals surface area (Å²) < 4.78 is 39.8. The molecule has 1 aliphatic rings. The SMILES string of the molecule is Cc1cnc(Nc2ccc(N3CCN(C)CC3)cc2)nc1NCc1ccccc1C(F)(F)F. The van der Waals surface area contributed by atoms with Gasteiger partial charge in [0.25, 0.3) is 0 Å². The smallest absolute Gasteiger partial charge is 0.369 e. The van der Waals surface area contributed by atoms with Crippen molar-refractivity contribution in [3.8, 4) is 0 Å². The van der Waals surface area contributed by atoms with Crippen LogP contribution in [0, 0.1) is 6.92 Å². The monoisotopic (exact) mass is 456 g/mol. The Bertz CT molecular complexity index is 1080. The molecule has 0 aliphatic carbocycles. The molecule has 0 atom stereocenters. The number of aryl methyl sites for hydroxylation is 1. The number of hydrogen-bond donors (Lipinski definition) is 2. The van der Waals surface area contributed by atoms with Gasteiger partial charge < -0.3 is 20.4 Å². The van der Waals surface area contributed by atoms with Crippen molar-refractivity contribution in [2.75, 3.05) is 48.8 Å². The van der Waals surface area contributed by atoms with E-state index in [0.717, 1.165) is 43.5 Å². The predicted molar refractivity (Wildman–Crippen MR) is 125 cm³/mol. The van der Waals surface area contributed by atoms with Gasteiger partial charge in [-0.2, -0.15) is 18.2 Å². The minimum Gasteiger partial charge on any atom is -0.369 e. The van der Waals surface area contributed by atoms with Crippen LogP contribution >= 0.6 is 0 Å². The molecule has 1 saturated heterocycles. The Morgan fingerprint density at radius 3 is 2.36 bits per heavy atom. The topological polar surface area (TPSA) is 56.3 Å². The number of halogens is 3. The molecule has 0 bridgehead atoms. The molecule has 2 N–H and O–H groups in total.